The summed E-state index contributed by atoms with van der Waals surface area (Å²) in [6.07, 6.45) is 5.67. The van der Waals surface area contributed by atoms with Crippen molar-refractivity contribution in [2.45, 2.75) is 58.8 Å². The van der Waals surface area contributed by atoms with E-state index >= 15 is 0 Å². The van der Waals surface area contributed by atoms with Crippen LogP contribution in [0.1, 0.15) is 57.6 Å². The molecule has 1 aliphatic carbocycles. The Bertz CT molecular complexity index is 375. The molecule has 1 fully saturated rings. The SMILES string of the molecule is Cc1ccccc1C(C)(C)C1CCCCC1C. The molecule has 0 amide bonds. The van der Waals surface area contributed by atoms with E-state index in [2.05, 4.69) is 52.0 Å². The lowest BCUT2D eigenvalue weighted by Gasteiger charge is -2.42. The van der Waals surface area contributed by atoms with Crippen molar-refractivity contribution >= 4 is 0 Å². The third kappa shape index (κ3) is 2.41. The van der Waals surface area contributed by atoms with Gasteiger partial charge in [0.05, 0.1) is 0 Å². The Balaban J connectivity index is 2.31. The molecule has 1 aliphatic rings. The van der Waals surface area contributed by atoms with Crippen LogP contribution in [0.4, 0.5) is 0 Å². The highest BCUT2D eigenvalue weighted by atomic mass is 14.4. The first kappa shape index (κ1) is 12.7. The second-order valence-electron chi connectivity index (χ2n) is 6.40. The first-order valence-electron chi connectivity index (χ1n) is 7.09. The third-order valence-electron chi connectivity index (χ3n) is 4.88. The van der Waals surface area contributed by atoms with E-state index in [1.54, 1.807) is 5.56 Å². The molecule has 0 heteroatoms. The summed E-state index contributed by atoms with van der Waals surface area (Å²) in [7, 11) is 0. The van der Waals surface area contributed by atoms with Gasteiger partial charge in [-0.3, -0.25) is 0 Å². The zero-order valence-corrected chi connectivity index (χ0v) is 11.8. The van der Waals surface area contributed by atoms with Crippen LogP contribution in [0.25, 0.3) is 0 Å². The fourth-order valence-electron chi connectivity index (χ4n) is 3.88. The van der Waals surface area contributed by atoms with Crippen LogP contribution >= 0.6 is 0 Å². The second kappa shape index (κ2) is 4.84. The zero-order chi connectivity index (χ0) is 12.5. The van der Waals surface area contributed by atoms with Gasteiger partial charge < -0.3 is 0 Å². The van der Waals surface area contributed by atoms with Crippen molar-refractivity contribution in [1.29, 1.82) is 0 Å². The summed E-state index contributed by atoms with van der Waals surface area (Å²) in [6, 6.07) is 8.93. The van der Waals surface area contributed by atoms with Crippen LogP contribution in [0, 0.1) is 18.8 Å². The van der Waals surface area contributed by atoms with Crippen LogP contribution in [0.15, 0.2) is 24.3 Å². The predicted octanol–water partition coefficient (Wildman–Crippen LogP) is 5.10. The molecule has 1 aromatic rings. The second-order valence-corrected chi connectivity index (χ2v) is 6.40. The third-order valence-corrected chi connectivity index (χ3v) is 4.88. The Hall–Kier alpha value is -0.780. The summed E-state index contributed by atoms with van der Waals surface area (Å²) in [5, 5.41) is 0. The highest BCUT2D eigenvalue weighted by molar-refractivity contribution is 5.33. The highest BCUT2D eigenvalue weighted by Crippen LogP contribution is 2.44. The molecule has 0 radical (unpaired) electrons. The van der Waals surface area contributed by atoms with E-state index in [0.29, 0.717) is 5.41 Å². The summed E-state index contributed by atoms with van der Waals surface area (Å²) in [5.41, 5.74) is 3.33. The van der Waals surface area contributed by atoms with Crippen molar-refractivity contribution < 1.29 is 0 Å². The topological polar surface area (TPSA) is 0 Å². The molecule has 0 N–H and O–H groups in total. The van der Waals surface area contributed by atoms with Gasteiger partial charge in [0.2, 0.25) is 0 Å². The maximum absolute atomic E-state index is 2.45. The summed E-state index contributed by atoms with van der Waals surface area (Å²) >= 11 is 0. The maximum Gasteiger partial charge on any atom is -0.00702 e. The van der Waals surface area contributed by atoms with Crippen molar-refractivity contribution in [3.63, 3.8) is 0 Å². The van der Waals surface area contributed by atoms with Gasteiger partial charge in [0.15, 0.2) is 0 Å². The van der Waals surface area contributed by atoms with Gasteiger partial charge in [0.1, 0.15) is 0 Å². The van der Waals surface area contributed by atoms with Gasteiger partial charge >= 0.3 is 0 Å². The number of hydrogen-bond donors (Lipinski definition) is 0. The Morgan fingerprint density at radius 1 is 1.06 bits per heavy atom. The molecule has 0 nitrogen and oxygen atoms in total. The zero-order valence-electron chi connectivity index (χ0n) is 11.8. The van der Waals surface area contributed by atoms with E-state index < -0.39 is 0 Å². The summed E-state index contributed by atoms with van der Waals surface area (Å²) in [6.45, 7) is 9.60. The monoisotopic (exact) mass is 230 g/mol. The predicted molar refractivity (Wildman–Crippen MR) is 75.3 cm³/mol. The number of benzene rings is 1. The van der Waals surface area contributed by atoms with E-state index in [1.807, 2.05) is 0 Å². The lowest BCUT2D eigenvalue weighted by molar-refractivity contribution is 0.163. The number of aryl methyl sites for hydroxylation is 1. The minimum atomic E-state index is 0.325. The van der Waals surface area contributed by atoms with Crippen molar-refractivity contribution in [1.82, 2.24) is 0 Å². The molecule has 2 unspecified atom stereocenters. The summed E-state index contributed by atoms with van der Waals surface area (Å²) in [5.74, 6) is 1.72. The molecule has 1 saturated carbocycles. The largest absolute Gasteiger partial charge is 0.0622 e. The first-order chi connectivity index (χ1) is 8.03. The normalized spacial score (nSPS) is 25.9. The Kier molecular flexibility index (Phi) is 3.61. The van der Waals surface area contributed by atoms with E-state index in [9.17, 15) is 0 Å². The molecule has 0 aromatic heterocycles. The molecule has 0 spiro atoms. The van der Waals surface area contributed by atoms with E-state index in [0.717, 1.165) is 11.8 Å². The molecule has 17 heavy (non-hydrogen) atoms. The maximum atomic E-state index is 2.45. The smallest absolute Gasteiger partial charge is 0.00702 e. The average Bonchev–Trinajstić information content (AvgIpc) is 2.29. The fraction of sp³-hybridized carbons (Fsp3) is 0.647. The van der Waals surface area contributed by atoms with Gasteiger partial charge in [-0.15, -0.1) is 0 Å². The summed E-state index contributed by atoms with van der Waals surface area (Å²) < 4.78 is 0. The van der Waals surface area contributed by atoms with Crippen molar-refractivity contribution in [3.8, 4) is 0 Å². The lowest BCUT2D eigenvalue weighted by atomic mass is 9.62. The van der Waals surface area contributed by atoms with Crippen LogP contribution in [-0.2, 0) is 5.41 Å². The minimum Gasteiger partial charge on any atom is -0.0622 e. The fourth-order valence-corrected chi connectivity index (χ4v) is 3.88. The van der Waals surface area contributed by atoms with Crippen molar-refractivity contribution in [2.24, 2.45) is 11.8 Å². The highest BCUT2D eigenvalue weighted by Gasteiger charge is 2.36. The van der Waals surface area contributed by atoms with Gasteiger partial charge in [-0.05, 0) is 41.7 Å². The molecule has 0 heterocycles. The van der Waals surface area contributed by atoms with Crippen LogP contribution in [-0.4, -0.2) is 0 Å². The van der Waals surface area contributed by atoms with Gasteiger partial charge in [-0.25, -0.2) is 0 Å². The van der Waals surface area contributed by atoms with Gasteiger partial charge in [-0.2, -0.15) is 0 Å². The van der Waals surface area contributed by atoms with E-state index in [4.69, 9.17) is 0 Å². The van der Waals surface area contributed by atoms with Crippen LogP contribution in [0.5, 0.6) is 0 Å². The van der Waals surface area contributed by atoms with Crippen LogP contribution in [0.3, 0.4) is 0 Å². The standard InChI is InChI=1S/C17H26/c1-13-9-5-7-11-15(13)17(3,4)16-12-8-6-10-14(16)2/h5,7,9,11,14,16H,6,8,10,12H2,1-4H3. The van der Waals surface area contributed by atoms with Crippen LogP contribution < -0.4 is 0 Å². The minimum absolute atomic E-state index is 0.325. The van der Waals surface area contributed by atoms with Gasteiger partial charge in [-0.1, -0.05) is 64.3 Å². The lowest BCUT2D eigenvalue weighted by Crippen LogP contribution is -2.35. The average molecular weight is 230 g/mol. The molecular formula is C17H26. The molecule has 2 rings (SSSR count). The molecule has 0 aliphatic heterocycles. The van der Waals surface area contributed by atoms with Crippen LogP contribution in [0.2, 0.25) is 0 Å². The quantitative estimate of drug-likeness (QED) is 0.663. The Morgan fingerprint density at radius 3 is 2.35 bits per heavy atom. The van der Waals surface area contributed by atoms with E-state index in [1.165, 1.54) is 31.2 Å². The molecule has 2 atom stereocenters. The number of rotatable bonds is 2. The summed E-state index contributed by atoms with van der Waals surface area (Å²) in [4.78, 5) is 0. The van der Waals surface area contributed by atoms with Crippen molar-refractivity contribution in [3.05, 3.63) is 35.4 Å². The Morgan fingerprint density at radius 2 is 1.71 bits per heavy atom. The molecule has 0 saturated heterocycles. The molecular weight excluding hydrogens is 204 g/mol. The van der Waals surface area contributed by atoms with Gasteiger partial charge in [0, 0.05) is 0 Å². The molecule has 1 aromatic carbocycles. The first-order valence-corrected chi connectivity index (χ1v) is 7.09. The van der Waals surface area contributed by atoms with Crippen molar-refractivity contribution in [2.75, 3.05) is 0 Å². The molecule has 94 valence electrons. The number of hydrogen-bond acceptors (Lipinski definition) is 0. The molecule has 0 bridgehead atoms. The Labute approximate surface area is 106 Å². The van der Waals surface area contributed by atoms with E-state index in [-0.39, 0.29) is 0 Å². The van der Waals surface area contributed by atoms with Gasteiger partial charge in [0.25, 0.3) is 0 Å².